The van der Waals surface area contributed by atoms with E-state index in [4.69, 9.17) is 10.5 Å². The minimum atomic E-state index is 0.418. The molecule has 0 saturated heterocycles. The number of hydrogen-bond acceptors (Lipinski definition) is 3. The average Bonchev–Trinajstić information content (AvgIpc) is 2.38. The van der Waals surface area contributed by atoms with Crippen molar-refractivity contribution in [3.63, 3.8) is 0 Å². The second-order valence-electron chi connectivity index (χ2n) is 3.68. The van der Waals surface area contributed by atoms with Crippen LogP contribution in [0.4, 0.5) is 0 Å². The molecule has 94 valence electrons. The Morgan fingerprint density at radius 1 is 1.22 bits per heavy atom. The van der Waals surface area contributed by atoms with Crippen LogP contribution in [0.2, 0.25) is 0 Å². The lowest BCUT2D eigenvalue weighted by atomic mass is 10.2. The van der Waals surface area contributed by atoms with Crippen molar-refractivity contribution in [1.29, 1.82) is 0 Å². The van der Waals surface area contributed by atoms with Gasteiger partial charge in [-0.05, 0) is 40.2 Å². The van der Waals surface area contributed by atoms with E-state index >= 15 is 0 Å². The van der Waals surface area contributed by atoms with Gasteiger partial charge in [-0.2, -0.15) is 0 Å². The summed E-state index contributed by atoms with van der Waals surface area (Å²) in [6.07, 6.45) is 1.74. The number of aromatic nitrogens is 1. The number of benzene rings is 1. The third-order valence-corrected chi connectivity index (χ3v) is 3.57. The van der Waals surface area contributed by atoms with Crippen LogP contribution >= 0.6 is 31.9 Å². The lowest BCUT2D eigenvalue weighted by Gasteiger charge is -2.10. The summed E-state index contributed by atoms with van der Waals surface area (Å²) in [4.78, 5) is 4.22. The molecule has 0 spiro atoms. The Bertz CT molecular complexity index is 546. The second-order valence-corrected chi connectivity index (χ2v) is 5.45. The number of rotatable bonds is 4. The first-order valence-corrected chi connectivity index (χ1v) is 7.00. The molecule has 1 heterocycles. The summed E-state index contributed by atoms with van der Waals surface area (Å²) < 4.78 is 7.67. The van der Waals surface area contributed by atoms with Gasteiger partial charge in [-0.15, -0.1) is 0 Å². The molecule has 0 amide bonds. The van der Waals surface area contributed by atoms with Crippen molar-refractivity contribution in [2.24, 2.45) is 5.73 Å². The quantitative estimate of drug-likeness (QED) is 0.892. The van der Waals surface area contributed by atoms with Crippen LogP contribution in [0, 0.1) is 0 Å². The minimum Gasteiger partial charge on any atom is -0.488 e. The Kier molecular flexibility index (Phi) is 4.74. The number of halogens is 2. The molecule has 0 fully saturated rings. The number of pyridine rings is 1. The number of hydrogen-bond donors (Lipinski definition) is 1. The third-order valence-electron chi connectivity index (χ3n) is 2.45. The molecular weight excluding hydrogens is 360 g/mol. The van der Waals surface area contributed by atoms with E-state index in [1.807, 2.05) is 30.3 Å². The van der Waals surface area contributed by atoms with E-state index in [0.717, 1.165) is 26.0 Å². The fraction of sp³-hybridized carbons (Fsp3) is 0.154. The average molecular weight is 372 g/mol. The summed E-state index contributed by atoms with van der Waals surface area (Å²) >= 11 is 6.86. The van der Waals surface area contributed by atoms with Gasteiger partial charge in [0.2, 0.25) is 0 Å². The lowest BCUT2D eigenvalue weighted by molar-refractivity contribution is 0.302. The molecule has 0 bridgehead atoms. The molecule has 3 nitrogen and oxygen atoms in total. The molecule has 0 atom stereocenters. The molecular formula is C13H12Br2N2O. The molecule has 2 aromatic rings. The summed E-state index contributed by atoms with van der Waals surface area (Å²) in [6.45, 7) is 0.877. The van der Waals surface area contributed by atoms with Gasteiger partial charge in [0.05, 0.1) is 10.2 Å². The van der Waals surface area contributed by atoms with Crippen molar-refractivity contribution in [3.8, 4) is 5.75 Å². The van der Waals surface area contributed by atoms with Crippen LogP contribution < -0.4 is 10.5 Å². The zero-order chi connectivity index (χ0) is 13.0. The van der Waals surface area contributed by atoms with E-state index in [0.29, 0.717) is 13.2 Å². The largest absolute Gasteiger partial charge is 0.488 e. The van der Waals surface area contributed by atoms with Gasteiger partial charge >= 0.3 is 0 Å². The van der Waals surface area contributed by atoms with Gasteiger partial charge in [-0.3, -0.25) is 4.98 Å². The molecule has 5 heteroatoms. The first-order valence-electron chi connectivity index (χ1n) is 5.41. The highest BCUT2D eigenvalue weighted by Crippen LogP contribution is 2.28. The summed E-state index contributed by atoms with van der Waals surface area (Å²) in [6, 6.07) is 9.65. The van der Waals surface area contributed by atoms with Crippen LogP contribution in [-0.4, -0.2) is 4.98 Å². The third kappa shape index (κ3) is 3.31. The monoisotopic (exact) mass is 370 g/mol. The Hall–Kier alpha value is -0.910. The van der Waals surface area contributed by atoms with Gasteiger partial charge in [0, 0.05) is 22.8 Å². The van der Waals surface area contributed by atoms with Crippen molar-refractivity contribution in [1.82, 2.24) is 4.98 Å². The highest BCUT2D eigenvalue weighted by molar-refractivity contribution is 9.11. The first kappa shape index (κ1) is 13.5. The predicted molar refractivity (Wildman–Crippen MR) is 78.3 cm³/mol. The molecule has 2 N–H and O–H groups in total. The Morgan fingerprint density at radius 2 is 2.06 bits per heavy atom. The SMILES string of the molecule is NCc1ncccc1COc1ccc(Br)cc1Br. The summed E-state index contributed by atoms with van der Waals surface area (Å²) in [5, 5.41) is 0. The normalized spacial score (nSPS) is 10.4. The van der Waals surface area contributed by atoms with Crippen LogP contribution in [0.1, 0.15) is 11.3 Å². The van der Waals surface area contributed by atoms with Gasteiger partial charge in [0.25, 0.3) is 0 Å². The Morgan fingerprint density at radius 3 is 2.78 bits per heavy atom. The maximum Gasteiger partial charge on any atom is 0.134 e. The fourth-order valence-electron chi connectivity index (χ4n) is 1.53. The highest BCUT2D eigenvalue weighted by Gasteiger charge is 2.05. The summed E-state index contributed by atoms with van der Waals surface area (Å²) in [5.74, 6) is 0.796. The van der Waals surface area contributed by atoms with Crippen molar-refractivity contribution in [2.45, 2.75) is 13.2 Å². The molecule has 0 aliphatic heterocycles. The topological polar surface area (TPSA) is 48.1 Å². The standard InChI is InChI=1S/C13H12Br2N2O/c14-10-3-4-13(11(15)6-10)18-8-9-2-1-5-17-12(9)7-16/h1-6H,7-8,16H2. The summed E-state index contributed by atoms with van der Waals surface area (Å²) in [7, 11) is 0. The molecule has 2 rings (SSSR count). The molecule has 1 aromatic heterocycles. The van der Waals surface area contributed by atoms with E-state index < -0.39 is 0 Å². The summed E-state index contributed by atoms with van der Waals surface area (Å²) in [5.41, 5.74) is 7.51. The zero-order valence-electron chi connectivity index (χ0n) is 9.57. The molecule has 1 aromatic carbocycles. The van der Waals surface area contributed by atoms with E-state index in [1.165, 1.54) is 0 Å². The number of nitrogens with two attached hydrogens (primary N) is 1. The van der Waals surface area contributed by atoms with E-state index in [-0.39, 0.29) is 0 Å². The Labute approximate surface area is 123 Å². The van der Waals surface area contributed by atoms with Crippen LogP contribution in [0.3, 0.4) is 0 Å². The highest BCUT2D eigenvalue weighted by atomic mass is 79.9. The zero-order valence-corrected chi connectivity index (χ0v) is 12.7. The van der Waals surface area contributed by atoms with Crippen molar-refractivity contribution >= 4 is 31.9 Å². The molecule has 0 unspecified atom stereocenters. The fourth-order valence-corrected chi connectivity index (χ4v) is 2.70. The first-order chi connectivity index (χ1) is 8.70. The van der Waals surface area contributed by atoms with Crippen LogP contribution in [0.5, 0.6) is 5.75 Å². The van der Waals surface area contributed by atoms with Crippen LogP contribution in [0.25, 0.3) is 0 Å². The molecule has 0 aliphatic rings. The van der Waals surface area contributed by atoms with Gasteiger partial charge < -0.3 is 10.5 Å². The maximum atomic E-state index is 5.76. The smallest absolute Gasteiger partial charge is 0.134 e. The number of ether oxygens (including phenoxy) is 1. The number of nitrogens with zero attached hydrogens (tertiary/aromatic N) is 1. The van der Waals surface area contributed by atoms with Gasteiger partial charge in [0.15, 0.2) is 0 Å². The van der Waals surface area contributed by atoms with Gasteiger partial charge in [-0.1, -0.05) is 22.0 Å². The van der Waals surface area contributed by atoms with E-state index in [1.54, 1.807) is 6.20 Å². The molecule has 0 radical (unpaired) electrons. The van der Waals surface area contributed by atoms with Crippen LogP contribution in [0.15, 0.2) is 45.5 Å². The molecule has 18 heavy (non-hydrogen) atoms. The van der Waals surface area contributed by atoms with E-state index in [2.05, 4.69) is 36.8 Å². The van der Waals surface area contributed by atoms with Gasteiger partial charge in [0.1, 0.15) is 12.4 Å². The van der Waals surface area contributed by atoms with Crippen molar-refractivity contribution < 1.29 is 4.74 Å². The Balaban J connectivity index is 2.11. The minimum absolute atomic E-state index is 0.418. The second kappa shape index (κ2) is 6.31. The van der Waals surface area contributed by atoms with Crippen molar-refractivity contribution in [2.75, 3.05) is 0 Å². The van der Waals surface area contributed by atoms with Crippen molar-refractivity contribution in [3.05, 3.63) is 56.7 Å². The van der Waals surface area contributed by atoms with E-state index in [9.17, 15) is 0 Å². The van der Waals surface area contributed by atoms with Crippen LogP contribution in [-0.2, 0) is 13.2 Å². The predicted octanol–water partition coefficient (Wildman–Crippen LogP) is 3.64. The lowest BCUT2D eigenvalue weighted by Crippen LogP contribution is -2.06. The maximum absolute atomic E-state index is 5.76. The molecule has 0 saturated carbocycles. The molecule has 0 aliphatic carbocycles. The van der Waals surface area contributed by atoms with Gasteiger partial charge in [-0.25, -0.2) is 0 Å².